The van der Waals surface area contributed by atoms with Crippen LogP contribution in [0.1, 0.15) is 37.0 Å². The number of ether oxygens (including phenoxy) is 1. The van der Waals surface area contributed by atoms with E-state index in [0.29, 0.717) is 30.6 Å². The van der Waals surface area contributed by atoms with Gasteiger partial charge in [0.1, 0.15) is 16.5 Å². The van der Waals surface area contributed by atoms with Crippen molar-refractivity contribution in [2.45, 2.75) is 48.3 Å². The van der Waals surface area contributed by atoms with E-state index in [1.807, 2.05) is 36.9 Å². The van der Waals surface area contributed by atoms with Gasteiger partial charge in [0.15, 0.2) is 17.1 Å². The highest BCUT2D eigenvalue weighted by atomic mass is 35.5. The molecule has 7 nitrogen and oxygen atoms in total. The Morgan fingerprint density at radius 2 is 1.71 bits per heavy atom. The molecule has 45 heavy (non-hydrogen) atoms. The molecule has 0 aliphatic carbocycles. The van der Waals surface area contributed by atoms with Gasteiger partial charge in [0.25, 0.3) is 0 Å². The summed E-state index contributed by atoms with van der Waals surface area (Å²) in [6.45, 7) is 4.34. The molecule has 0 aromatic heterocycles. The van der Waals surface area contributed by atoms with E-state index in [-0.39, 0.29) is 27.0 Å². The second kappa shape index (κ2) is 13.8. The molecule has 0 radical (unpaired) electrons. The van der Waals surface area contributed by atoms with E-state index in [1.54, 1.807) is 24.3 Å². The molecule has 1 aliphatic heterocycles. The van der Waals surface area contributed by atoms with E-state index in [9.17, 15) is 12.8 Å². The summed E-state index contributed by atoms with van der Waals surface area (Å²) in [6.07, 6.45) is 3.02. The number of sulfonamides is 1. The van der Waals surface area contributed by atoms with Crippen LogP contribution < -0.4 is 15.4 Å². The zero-order valence-electron chi connectivity index (χ0n) is 26.1. The van der Waals surface area contributed by atoms with Crippen LogP contribution in [-0.4, -0.2) is 57.9 Å². The molecule has 13 heteroatoms. The van der Waals surface area contributed by atoms with Crippen molar-refractivity contribution in [3.63, 3.8) is 0 Å². The van der Waals surface area contributed by atoms with Gasteiger partial charge in [0, 0.05) is 61.5 Å². The molecule has 0 amide bonds. The van der Waals surface area contributed by atoms with Crippen LogP contribution in [0.25, 0.3) is 0 Å². The maximum Gasteiger partial charge on any atom is 0.244 e. The first-order valence-electron chi connectivity index (χ1n) is 14.2. The first-order chi connectivity index (χ1) is 21.1. The van der Waals surface area contributed by atoms with Crippen LogP contribution in [0.2, 0.25) is 5.02 Å². The molecule has 0 saturated heterocycles. The SMILES string of the molecule is COc1cc(N2C(C(C)(C)c3ccc(S(=O)(=O)N(C)C)c(Cl)c3)=CN(C)C2SCc2c(F)cc(CCCN)cc2F)ccc1F. The monoisotopic (exact) mass is 682 g/mol. The van der Waals surface area contributed by atoms with Gasteiger partial charge in [-0.25, -0.2) is 25.9 Å². The first-order valence-corrected chi connectivity index (χ1v) is 17.1. The fourth-order valence-corrected chi connectivity index (χ4v) is 7.87. The van der Waals surface area contributed by atoms with Crippen molar-refractivity contribution in [2.75, 3.05) is 39.7 Å². The molecule has 3 aromatic carbocycles. The molecule has 1 atom stereocenters. The third kappa shape index (κ3) is 7.10. The molecule has 1 unspecified atom stereocenters. The van der Waals surface area contributed by atoms with Crippen LogP contribution in [0.3, 0.4) is 0 Å². The Balaban J connectivity index is 1.74. The number of aryl methyl sites for hydroxylation is 1. The fourth-order valence-electron chi connectivity index (χ4n) is 5.18. The Morgan fingerprint density at radius 1 is 1.04 bits per heavy atom. The number of hydrogen-bond acceptors (Lipinski definition) is 7. The number of nitrogens with zero attached hydrogens (tertiary/aromatic N) is 3. The van der Waals surface area contributed by atoms with Gasteiger partial charge in [-0.15, -0.1) is 11.8 Å². The van der Waals surface area contributed by atoms with E-state index in [4.69, 9.17) is 22.1 Å². The summed E-state index contributed by atoms with van der Waals surface area (Å²) in [7, 11) is 2.31. The fraction of sp³-hybridized carbons (Fsp3) is 0.375. The Labute approximate surface area is 272 Å². The van der Waals surface area contributed by atoms with Crippen LogP contribution in [0, 0.1) is 17.5 Å². The van der Waals surface area contributed by atoms with Crippen molar-refractivity contribution in [3.05, 3.63) is 99.6 Å². The van der Waals surface area contributed by atoms with E-state index < -0.39 is 38.4 Å². The lowest BCUT2D eigenvalue weighted by Gasteiger charge is -2.38. The van der Waals surface area contributed by atoms with Gasteiger partial charge < -0.3 is 20.3 Å². The lowest BCUT2D eigenvalue weighted by atomic mass is 9.81. The van der Waals surface area contributed by atoms with Gasteiger partial charge in [-0.05, 0) is 66.9 Å². The maximum absolute atomic E-state index is 15.1. The highest BCUT2D eigenvalue weighted by molar-refractivity contribution is 7.99. The first kappa shape index (κ1) is 35.0. The van der Waals surface area contributed by atoms with Crippen molar-refractivity contribution in [3.8, 4) is 5.75 Å². The minimum atomic E-state index is -3.77. The largest absolute Gasteiger partial charge is 0.494 e. The molecule has 244 valence electrons. The Morgan fingerprint density at radius 3 is 2.29 bits per heavy atom. The summed E-state index contributed by atoms with van der Waals surface area (Å²) in [5.74, 6) is -1.73. The average Bonchev–Trinajstić information content (AvgIpc) is 3.32. The number of nitrogens with two attached hydrogens (primary N) is 1. The van der Waals surface area contributed by atoms with Gasteiger partial charge in [-0.3, -0.25) is 0 Å². The molecule has 3 aromatic rings. The second-order valence-corrected chi connectivity index (χ2v) is 15.1. The molecule has 0 bridgehead atoms. The third-order valence-corrected chi connectivity index (χ3v) is 11.5. The zero-order valence-corrected chi connectivity index (χ0v) is 28.5. The Kier molecular flexibility index (Phi) is 10.8. The Hall–Kier alpha value is -2.90. The van der Waals surface area contributed by atoms with Crippen LogP contribution in [0.15, 0.2) is 65.3 Å². The van der Waals surface area contributed by atoms with Crippen molar-refractivity contribution >= 4 is 39.1 Å². The van der Waals surface area contributed by atoms with Crippen molar-refractivity contribution < 1.29 is 26.3 Å². The van der Waals surface area contributed by atoms with E-state index >= 15 is 8.78 Å². The van der Waals surface area contributed by atoms with Gasteiger partial charge in [-0.1, -0.05) is 31.5 Å². The topological polar surface area (TPSA) is 79.1 Å². The van der Waals surface area contributed by atoms with E-state index in [2.05, 4.69) is 0 Å². The lowest BCUT2D eigenvalue weighted by Crippen LogP contribution is -2.40. The van der Waals surface area contributed by atoms with Crippen LogP contribution in [-0.2, 0) is 27.6 Å². The Bertz CT molecular complexity index is 1680. The van der Waals surface area contributed by atoms with Crippen LogP contribution in [0.4, 0.5) is 18.9 Å². The number of methoxy groups -OCH3 is 1. The molecule has 4 rings (SSSR count). The van der Waals surface area contributed by atoms with Crippen LogP contribution >= 0.6 is 23.4 Å². The van der Waals surface area contributed by atoms with Gasteiger partial charge in [-0.2, -0.15) is 0 Å². The van der Waals surface area contributed by atoms with E-state index in [1.165, 1.54) is 57.2 Å². The number of thioether (sulfide) groups is 1. The molecular formula is C32H38ClF3N4O3S2. The third-order valence-electron chi connectivity index (χ3n) is 7.87. The highest BCUT2D eigenvalue weighted by Gasteiger charge is 2.41. The molecule has 0 spiro atoms. The molecule has 0 saturated carbocycles. The van der Waals surface area contributed by atoms with E-state index in [0.717, 1.165) is 15.6 Å². The number of rotatable bonds is 12. The second-order valence-electron chi connectivity index (χ2n) is 11.5. The summed E-state index contributed by atoms with van der Waals surface area (Å²) < 4.78 is 76.7. The van der Waals surface area contributed by atoms with Crippen molar-refractivity contribution in [2.24, 2.45) is 5.73 Å². The summed E-state index contributed by atoms with van der Waals surface area (Å²) in [5, 5.41) is 0.0722. The number of benzene rings is 3. The van der Waals surface area contributed by atoms with Crippen molar-refractivity contribution in [1.82, 2.24) is 9.21 Å². The summed E-state index contributed by atoms with van der Waals surface area (Å²) in [5.41, 5.74) is 6.87. The zero-order chi connectivity index (χ0) is 33.3. The molecule has 0 fully saturated rings. The minimum Gasteiger partial charge on any atom is -0.494 e. The van der Waals surface area contributed by atoms with Gasteiger partial charge in [0.05, 0.1) is 12.1 Å². The maximum atomic E-state index is 15.1. The molecule has 1 heterocycles. The summed E-state index contributed by atoms with van der Waals surface area (Å²) in [6, 6.07) is 12.0. The van der Waals surface area contributed by atoms with Crippen LogP contribution in [0.5, 0.6) is 5.75 Å². The highest BCUT2D eigenvalue weighted by Crippen LogP contribution is 2.46. The number of hydrogen-bond donors (Lipinski definition) is 1. The molecule has 1 aliphatic rings. The number of anilines is 1. The lowest BCUT2D eigenvalue weighted by molar-refractivity contribution is 0.386. The molecule has 2 N–H and O–H groups in total. The summed E-state index contributed by atoms with van der Waals surface area (Å²) in [4.78, 5) is 3.85. The number of halogens is 4. The minimum absolute atomic E-state index is 0.0158. The smallest absolute Gasteiger partial charge is 0.244 e. The van der Waals surface area contributed by atoms with Gasteiger partial charge in [0.2, 0.25) is 10.0 Å². The predicted molar refractivity (Wildman–Crippen MR) is 175 cm³/mol. The molecular weight excluding hydrogens is 645 g/mol. The van der Waals surface area contributed by atoms with Crippen molar-refractivity contribution in [1.29, 1.82) is 0 Å². The summed E-state index contributed by atoms with van der Waals surface area (Å²) >= 11 is 7.84. The normalized spacial score (nSPS) is 15.6. The van der Waals surface area contributed by atoms with Gasteiger partial charge >= 0.3 is 0 Å². The quantitative estimate of drug-likeness (QED) is 0.228. The average molecular weight is 683 g/mol. The number of allylic oxidation sites excluding steroid dienone is 1. The predicted octanol–water partition coefficient (Wildman–Crippen LogP) is 6.70. The standard InChI is InChI=1S/C32H38ClF3N4O3S2/c1-32(2,21-9-12-29(24(33)16-21)45(41,42)38(3)4)30-18-39(5)31(40(30)22-10-11-25(34)28(17-22)43-6)44-19-23-26(35)14-20(8-7-13-37)15-27(23)36/h9-12,14-18,31H,7-8,13,19,37H2,1-6H3.